The van der Waals surface area contributed by atoms with E-state index in [1.807, 2.05) is 0 Å². The molecule has 0 saturated heterocycles. The van der Waals surface area contributed by atoms with Crippen LogP contribution in [0.15, 0.2) is 0 Å². The molecular weight excluding hydrogens is 213 g/mol. The lowest BCUT2D eigenvalue weighted by atomic mass is 10.1. The predicted octanol–water partition coefficient (Wildman–Crippen LogP) is 2.30. The highest BCUT2D eigenvalue weighted by atomic mass is 19.4. The van der Waals surface area contributed by atoms with E-state index < -0.39 is 18.2 Å². The molecule has 0 aliphatic rings. The number of rotatable bonds is 6. The Morgan fingerprint density at radius 1 is 1.33 bits per heavy atom. The minimum absolute atomic E-state index is 0.216. The van der Waals surface area contributed by atoms with Gasteiger partial charge in [0, 0.05) is 20.6 Å². The second-order valence-corrected chi connectivity index (χ2v) is 3.13. The van der Waals surface area contributed by atoms with Crippen molar-refractivity contribution in [1.82, 2.24) is 0 Å². The molecule has 0 aromatic carbocycles. The van der Waals surface area contributed by atoms with Crippen molar-refractivity contribution in [3.63, 3.8) is 0 Å². The van der Waals surface area contributed by atoms with Crippen LogP contribution in [-0.4, -0.2) is 32.0 Å². The van der Waals surface area contributed by atoms with Crippen LogP contribution in [0, 0.1) is 0 Å². The Kier molecular flexibility index (Phi) is 6.31. The first-order valence-electron chi connectivity index (χ1n) is 4.60. The van der Waals surface area contributed by atoms with Gasteiger partial charge in [-0.2, -0.15) is 13.2 Å². The van der Waals surface area contributed by atoms with E-state index in [1.54, 1.807) is 0 Å². The number of halogens is 3. The molecule has 0 aliphatic carbocycles. The Balaban J connectivity index is 3.97. The summed E-state index contributed by atoms with van der Waals surface area (Å²) >= 11 is 0. The van der Waals surface area contributed by atoms with E-state index >= 15 is 0 Å². The summed E-state index contributed by atoms with van der Waals surface area (Å²) in [5, 5.41) is 0. The summed E-state index contributed by atoms with van der Waals surface area (Å²) in [5.41, 5.74) is 0. The number of esters is 1. The first kappa shape index (κ1) is 14.2. The van der Waals surface area contributed by atoms with E-state index in [0.717, 1.165) is 6.92 Å². The molecule has 3 nitrogen and oxygen atoms in total. The fraction of sp³-hybridized carbons (Fsp3) is 0.889. The van der Waals surface area contributed by atoms with E-state index in [4.69, 9.17) is 4.74 Å². The average molecular weight is 228 g/mol. The first-order chi connectivity index (χ1) is 6.88. The molecule has 90 valence electrons. The molecule has 1 atom stereocenters. The van der Waals surface area contributed by atoms with Gasteiger partial charge in [-0.15, -0.1) is 0 Å². The summed E-state index contributed by atoms with van der Waals surface area (Å²) < 4.78 is 45.7. The summed E-state index contributed by atoms with van der Waals surface area (Å²) in [6.45, 7) is 1.37. The van der Waals surface area contributed by atoms with Crippen LogP contribution in [-0.2, 0) is 14.3 Å². The summed E-state index contributed by atoms with van der Waals surface area (Å²) in [7, 11) is 1.48. The molecule has 0 heterocycles. The molecule has 0 radical (unpaired) electrons. The third kappa shape index (κ3) is 7.18. The van der Waals surface area contributed by atoms with Crippen molar-refractivity contribution >= 4 is 5.97 Å². The van der Waals surface area contributed by atoms with Crippen molar-refractivity contribution in [2.45, 2.75) is 38.5 Å². The van der Waals surface area contributed by atoms with Crippen LogP contribution in [0.4, 0.5) is 13.2 Å². The normalized spacial score (nSPS) is 13.7. The lowest BCUT2D eigenvalue weighted by Gasteiger charge is -2.19. The summed E-state index contributed by atoms with van der Waals surface area (Å²) in [4.78, 5) is 10.4. The molecular formula is C9H15F3O3. The molecule has 0 spiro atoms. The van der Waals surface area contributed by atoms with E-state index in [2.05, 4.69) is 4.74 Å². The average Bonchev–Trinajstić information content (AvgIpc) is 2.08. The minimum Gasteiger partial charge on any atom is -0.453 e. The van der Waals surface area contributed by atoms with Crippen molar-refractivity contribution in [1.29, 1.82) is 0 Å². The van der Waals surface area contributed by atoms with Crippen LogP contribution in [0.25, 0.3) is 0 Å². The third-order valence-corrected chi connectivity index (χ3v) is 1.74. The van der Waals surface area contributed by atoms with Gasteiger partial charge in [0.15, 0.2) is 6.10 Å². The molecule has 0 saturated carbocycles. The highest BCUT2D eigenvalue weighted by Crippen LogP contribution is 2.26. The topological polar surface area (TPSA) is 35.5 Å². The largest absolute Gasteiger partial charge is 0.453 e. The van der Waals surface area contributed by atoms with E-state index in [-0.39, 0.29) is 6.42 Å². The summed E-state index contributed by atoms with van der Waals surface area (Å²) in [6.07, 6.45) is -5.87. The SMILES string of the molecule is COCCCC[C@@H](OC(C)=O)C(F)(F)F. The van der Waals surface area contributed by atoms with Crippen molar-refractivity contribution < 1.29 is 27.4 Å². The van der Waals surface area contributed by atoms with Crippen LogP contribution >= 0.6 is 0 Å². The van der Waals surface area contributed by atoms with Gasteiger partial charge in [0.25, 0.3) is 0 Å². The molecule has 15 heavy (non-hydrogen) atoms. The van der Waals surface area contributed by atoms with Gasteiger partial charge in [-0.3, -0.25) is 4.79 Å². The molecule has 0 amide bonds. The highest BCUT2D eigenvalue weighted by Gasteiger charge is 2.41. The molecule has 0 bridgehead atoms. The fourth-order valence-electron chi connectivity index (χ4n) is 1.07. The molecule has 0 aromatic heterocycles. The number of unbranched alkanes of at least 4 members (excludes halogenated alkanes) is 1. The molecule has 0 rings (SSSR count). The number of hydrogen-bond acceptors (Lipinski definition) is 3. The smallest absolute Gasteiger partial charge is 0.425 e. The van der Waals surface area contributed by atoms with Gasteiger partial charge >= 0.3 is 12.1 Å². The van der Waals surface area contributed by atoms with Gasteiger partial charge in [0.1, 0.15) is 0 Å². The van der Waals surface area contributed by atoms with Crippen molar-refractivity contribution in [2.75, 3.05) is 13.7 Å². The zero-order valence-electron chi connectivity index (χ0n) is 8.76. The number of carbonyl (C=O) groups excluding carboxylic acids is 1. The highest BCUT2D eigenvalue weighted by molar-refractivity contribution is 5.66. The lowest BCUT2D eigenvalue weighted by molar-refractivity contribution is -0.221. The molecule has 0 fully saturated rings. The third-order valence-electron chi connectivity index (χ3n) is 1.74. The molecule has 0 N–H and O–H groups in total. The zero-order valence-corrected chi connectivity index (χ0v) is 8.76. The van der Waals surface area contributed by atoms with E-state index in [0.29, 0.717) is 19.4 Å². The molecule has 0 unspecified atom stereocenters. The second kappa shape index (κ2) is 6.66. The standard InChI is InChI=1S/C9H15F3O3/c1-7(13)15-8(9(10,11)12)5-3-4-6-14-2/h8H,3-6H2,1-2H3/t8-/m1/s1. The minimum atomic E-state index is -4.49. The Morgan fingerprint density at radius 3 is 2.33 bits per heavy atom. The van der Waals surface area contributed by atoms with Crippen LogP contribution in [0.2, 0.25) is 0 Å². The zero-order chi connectivity index (χ0) is 11.9. The molecule has 6 heteroatoms. The van der Waals surface area contributed by atoms with Crippen LogP contribution in [0.1, 0.15) is 26.2 Å². The Bertz CT molecular complexity index is 192. The van der Waals surface area contributed by atoms with E-state index in [9.17, 15) is 18.0 Å². The van der Waals surface area contributed by atoms with Crippen LogP contribution in [0.3, 0.4) is 0 Å². The fourth-order valence-corrected chi connectivity index (χ4v) is 1.07. The van der Waals surface area contributed by atoms with Crippen LogP contribution < -0.4 is 0 Å². The Labute approximate surface area is 86.5 Å². The summed E-state index contributed by atoms with van der Waals surface area (Å²) in [6, 6.07) is 0. The first-order valence-corrected chi connectivity index (χ1v) is 4.60. The molecule has 0 aromatic rings. The Morgan fingerprint density at radius 2 is 1.93 bits per heavy atom. The van der Waals surface area contributed by atoms with Gasteiger partial charge in [-0.25, -0.2) is 0 Å². The van der Waals surface area contributed by atoms with Crippen LogP contribution in [0.5, 0.6) is 0 Å². The number of ether oxygens (including phenoxy) is 2. The summed E-state index contributed by atoms with van der Waals surface area (Å²) in [5.74, 6) is -0.913. The van der Waals surface area contributed by atoms with Gasteiger partial charge in [0.2, 0.25) is 0 Å². The van der Waals surface area contributed by atoms with Crippen molar-refractivity contribution in [2.24, 2.45) is 0 Å². The van der Waals surface area contributed by atoms with Gasteiger partial charge in [0.05, 0.1) is 0 Å². The number of methoxy groups -OCH3 is 1. The Hall–Kier alpha value is -0.780. The van der Waals surface area contributed by atoms with Crippen molar-refractivity contribution in [3.8, 4) is 0 Å². The predicted molar refractivity (Wildman–Crippen MR) is 47.3 cm³/mol. The van der Waals surface area contributed by atoms with Gasteiger partial charge in [-0.1, -0.05) is 0 Å². The maximum absolute atomic E-state index is 12.3. The number of carbonyl (C=O) groups is 1. The maximum atomic E-state index is 12.3. The van der Waals surface area contributed by atoms with E-state index in [1.165, 1.54) is 7.11 Å². The van der Waals surface area contributed by atoms with Crippen molar-refractivity contribution in [3.05, 3.63) is 0 Å². The quantitative estimate of drug-likeness (QED) is 0.517. The lowest BCUT2D eigenvalue weighted by Crippen LogP contribution is -2.33. The molecule has 0 aliphatic heterocycles. The number of alkyl halides is 3. The van der Waals surface area contributed by atoms with Gasteiger partial charge in [-0.05, 0) is 19.3 Å². The second-order valence-electron chi connectivity index (χ2n) is 3.13. The maximum Gasteiger partial charge on any atom is 0.425 e. The number of hydrogen-bond donors (Lipinski definition) is 0. The monoisotopic (exact) mass is 228 g/mol. The van der Waals surface area contributed by atoms with Gasteiger partial charge < -0.3 is 9.47 Å².